The smallest absolute Gasteiger partial charge is 0.227 e. The van der Waals surface area contributed by atoms with Crippen LogP contribution < -0.4 is 0 Å². The molecule has 1 aromatic rings. The maximum absolute atomic E-state index is 6.95. The lowest BCUT2D eigenvalue weighted by atomic mass is 9.91. The molecule has 0 fully saturated rings. The first-order chi connectivity index (χ1) is 5.46. The van der Waals surface area contributed by atoms with Gasteiger partial charge in [-0.2, -0.15) is 5.10 Å². The predicted molar refractivity (Wildman–Crippen MR) is 48.2 cm³/mol. The summed E-state index contributed by atoms with van der Waals surface area (Å²) in [6, 6.07) is 0. The van der Waals surface area contributed by atoms with Gasteiger partial charge in [-0.3, -0.25) is 4.68 Å². The minimum absolute atomic E-state index is 0.00880. The van der Waals surface area contributed by atoms with Crippen LogP contribution in [-0.2, 0) is 12.5 Å². The van der Waals surface area contributed by atoms with Crippen molar-refractivity contribution in [3.8, 4) is 0 Å². The summed E-state index contributed by atoms with van der Waals surface area (Å²) in [7, 11) is 1.87. The van der Waals surface area contributed by atoms with Crippen LogP contribution in [0.1, 0.15) is 26.5 Å². The molecule has 0 aromatic carbocycles. The highest BCUT2D eigenvalue weighted by atomic mass is 15.3. The van der Waals surface area contributed by atoms with E-state index in [2.05, 4.69) is 30.7 Å². The lowest BCUT2D eigenvalue weighted by Crippen LogP contribution is -2.16. The Hall–Kier alpha value is -1.30. The van der Waals surface area contributed by atoms with E-state index in [9.17, 15) is 0 Å². The van der Waals surface area contributed by atoms with Crippen LogP contribution in [0, 0.1) is 6.57 Å². The first-order valence-corrected chi connectivity index (χ1v) is 3.86. The van der Waals surface area contributed by atoms with Crippen molar-refractivity contribution in [2.24, 2.45) is 7.05 Å². The average Bonchev–Trinajstić information content (AvgIpc) is 2.29. The summed E-state index contributed by atoms with van der Waals surface area (Å²) in [6.07, 6.45) is 1.62. The van der Waals surface area contributed by atoms with E-state index in [0.29, 0.717) is 5.69 Å². The maximum Gasteiger partial charge on any atom is 0.227 e. The average molecular weight is 163 g/mol. The molecule has 0 bridgehead atoms. The zero-order valence-electron chi connectivity index (χ0n) is 7.92. The van der Waals surface area contributed by atoms with Crippen molar-refractivity contribution in [1.82, 2.24) is 9.78 Å². The van der Waals surface area contributed by atoms with Gasteiger partial charge in [0.2, 0.25) is 5.69 Å². The first kappa shape index (κ1) is 8.79. The fourth-order valence-electron chi connectivity index (χ4n) is 1.38. The summed E-state index contributed by atoms with van der Waals surface area (Å²) in [4.78, 5) is 3.42. The Bertz CT molecular complexity index is 323. The third kappa shape index (κ3) is 1.33. The van der Waals surface area contributed by atoms with Crippen molar-refractivity contribution in [3.63, 3.8) is 0 Å². The van der Waals surface area contributed by atoms with E-state index in [4.69, 9.17) is 6.57 Å². The molecule has 0 aliphatic heterocycles. The highest BCUT2D eigenvalue weighted by Gasteiger charge is 2.21. The number of hydrogen-bond donors (Lipinski definition) is 0. The largest absolute Gasteiger partial charge is 0.284 e. The minimum atomic E-state index is -0.00880. The zero-order valence-corrected chi connectivity index (χ0v) is 7.92. The molecular weight excluding hydrogens is 150 g/mol. The third-order valence-corrected chi connectivity index (χ3v) is 1.75. The van der Waals surface area contributed by atoms with Gasteiger partial charge in [0.25, 0.3) is 0 Å². The van der Waals surface area contributed by atoms with Crippen LogP contribution in [0.15, 0.2) is 6.20 Å². The molecule has 0 saturated heterocycles. The molecule has 12 heavy (non-hydrogen) atoms. The second-order valence-corrected chi connectivity index (χ2v) is 3.86. The Morgan fingerprint density at radius 3 is 2.42 bits per heavy atom. The van der Waals surface area contributed by atoms with Crippen LogP contribution in [0.4, 0.5) is 5.69 Å². The standard InChI is InChI=1S/C9H13N3/c1-9(2,3)8-7(10-4)6-11-12(8)5/h6H,1-3,5H3. The van der Waals surface area contributed by atoms with E-state index in [-0.39, 0.29) is 5.41 Å². The van der Waals surface area contributed by atoms with Gasteiger partial charge < -0.3 is 0 Å². The van der Waals surface area contributed by atoms with E-state index >= 15 is 0 Å². The summed E-state index contributed by atoms with van der Waals surface area (Å²) in [5, 5.41) is 4.06. The molecule has 64 valence electrons. The second-order valence-electron chi connectivity index (χ2n) is 3.86. The van der Waals surface area contributed by atoms with E-state index in [1.807, 2.05) is 7.05 Å². The van der Waals surface area contributed by atoms with E-state index in [1.54, 1.807) is 10.9 Å². The van der Waals surface area contributed by atoms with E-state index in [0.717, 1.165) is 5.69 Å². The van der Waals surface area contributed by atoms with Gasteiger partial charge >= 0.3 is 0 Å². The monoisotopic (exact) mass is 163 g/mol. The first-order valence-electron chi connectivity index (χ1n) is 3.86. The van der Waals surface area contributed by atoms with Gasteiger partial charge in [0, 0.05) is 7.05 Å². The number of rotatable bonds is 0. The van der Waals surface area contributed by atoms with Crippen LogP contribution in [0.3, 0.4) is 0 Å². The van der Waals surface area contributed by atoms with Crippen molar-refractivity contribution in [3.05, 3.63) is 23.3 Å². The van der Waals surface area contributed by atoms with Crippen LogP contribution in [-0.4, -0.2) is 9.78 Å². The quantitative estimate of drug-likeness (QED) is 0.538. The summed E-state index contributed by atoms with van der Waals surface area (Å²) in [6.45, 7) is 13.2. The van der Waals surface area contributed by atoms with Crippen molar-refractivity contribution < 1.29 is 0 Å². The minimum Gasteiger partial charge on any atom is -0.284 e. The predicted octanol–water partition coefficient (Wildman–Crippen LogP) is 2.27. The molecule has 0 saturated carbocycles. The SMILES string of the molecule is [C-]#[N+]c1cnn(C)c1C(C)(C)C. The molecule has 1 aromatic heterocycles. The molecule has 0 aliphatic carbocycles. The Labute approximate surface area is 72.8 Å². The van der Waals surface area contributed by atoms with Crippen LogP contribution in [0.5, 0.6) is 0 Å². The summed E-state index contributed by atoms with van der Waals surface area (Å²) < 4.78 is 1.77. The molecule has 3 heteroatoms. The Balaban J connectivity index is 3.32. The third-order valence-electron chi connectivity index (χ3n) is 1.75. The molecule has 3 nitrogen and oxygen atoms in total. The molecule has 0 radical (unpaired) electrons. The summed E-state index contributed by atoms with van der Waals surface area (Å²) >= 11 is 0. The van der Waals surface area contributed by atoms with Gasteiger partial charge in [0.05, 0.1) is 18.5 Å². The molecule has 0 amide bonds. The highest BCUT2D eigenvalue weighted by Crippen LogP contribution is 2.30. The van der Waals surface area contributed by atoms with Gasteiger partial charge in [-0.05, 0) is 5.41 Å². The summed E-state index contributed by atoms with van der Waals surface area (Å²) in [5.41, 5.74) is 1.65. The molecule has 0 unspecified atom stereocenters. The van der Waals surface area contributed by atoms with Gasteiger partial charge in [-0.1, -0.05) is 20.8 Å². The van der Waals surface area contributed by atoms with Crippen LogP contribution in [0.25, 0.3) is 4.85 Å². The second kappa shape index (κ2) is 2.63. The normalized spacial score (nSPS) is 11.2. The molecule has 1 heterocycles. The Morgan fingerprint density at radius 2 is 2.08 bits per heavy atom. The van der Waals surface area contributed by atoms with Crippen molar-refractivity contribution in [1.29, 1.82) is 0 Å². The van der Waals surface area contributed by atoms with Crippen LogP contribution in [0.2, 0.25) is 0 Å². The fraction of sp³-hybridized carbons (Fsp3) is 0.556. The molecule has 0 spiro atoms. The molecule has 0 aliphatic rings. The van der Waals surface area contributed by atoms with Gasteiger partial charge in [-0.25, -0.2) is 4.85 Å². The molecule has 0 atom stereocenters. The molecule has 0 N–H and O–H groups in total. The number of nitrogens with zero attached hydrogens (tertiary/aromatic N) is 3. The van der Waals surface area contributed by atoms with Crippen molar-refractivity contribution in [2.75, 3.05) is 0 Å². The molecule has 1 rings (SSSR count). The fourth-order valence-corrected chi connectivity index (χ4v) is 1.38. The lowest BCUT2D eigenvalue weighted by Gasteiger charge is -2.19. The molecular formula is C9H13N3. The van der Waals surface area contributed by atoms with E-state index < -0.39 is 0 Å². The van der Waals surface area contributed by atoms with Crippen molar-refractivity contribution >= 4 is 5.69 Å². The number of hydrogen-bond acceptors (Lipinski definition) is 1. The van der Waals surface area contributed by atoms with Gasteiger partial charge in [0.1, 0.15) is 0 Å². The number of aromatic nitrogens is 2. The van der Waals surface area contributed by atoms with E-state index in [1.165, 1.54) is 0 Å². The summed E-state index contributed by atoms with van der Waals surface area (Å²) in [5.74, 6) is 0. The lowest BCUT2D eigenvalue weighted by molar-refractivity contribution is 0.525. The van der Waals surface area contributed by atoms with Crippen LogP contribution >= 0.6 is 0 Å². The highest BCUT2D eigenvalue weighted by molar-refractivity contribution is 5.50. The Morgan fingerprint density at radius 1 is 1.50 bits per heavy atom. The van der Waals surface area contributed by atoms with Gasteiger partial charge in [0.15, 0.2) is 0 Å². The number of aryl methyl sites for hydroxylation is 1. The topological polar surface area (TPSA) is 22.2 Å². The van der Waals surface area contributed by atoms with Crippen molar-refractivity contribution in [2.45, 2.75) is 26.2 Å². The Kier molecular flexibility index (Phi) is 1.93. The zero-order chi connectivity index (χ0) is 9.35. The van der Waals surface area contributed by atoms with Gasteiger partial charge in [-0.15, -0.1) is 0 Å². The maximum atomic E-state index is 6.95.